The van der Waals surface area contributed by atoms with E-state index >= 15 is 0 Å². The number of likely N-dealkylation sites (tertiary alicyclic amines) is 1. The van der Waals surface area contributed by atoms with Crippen LogP contribution in [0.3, 0.4) is 0 Å². The molecule has 11 nitrogen and oxygen atoms in total. The lowest BCUT2D eigenvalue weighted by Gasteiger charge is -2.35. The first-order valence-corrected chi connectivity index (χ1v) is 18.4. The monoisotopic (exact) mass is 698 g/mol. The van der Waals surface area contributed by atoms with Crippen molar-refractivity contribution >= 4 is 35.1 Å². The van der Waals surface area contributed by atoms with Gasteiger partial charge >= 0.3 is 5.97 Å². The molecule has 51 heavy (non-hydrogen) atoms. The molecule has 4 aliphatic heterocycles. The second-order valence-electron chi connectivity index (χ2n) is 13.8. The van der Waals surface area contributed by atoms with Crippen LogP contribution in [0, 0.1) is 11.8 Å². The highest BCUT2D eigenvalue weighted by Gasteiger charge is 2.71. The Morgan fingerprint density at radius 2 is 1.69 bits per heavy atom. The number of allylic oxidation sites excluding steroid dienone is 1. The minimum absolute atomic E-state index is 0.0371. The van der Waals surface area contributed by atoms with Crippen LogP contribution in [-0.2, 0) is 28.7 Å². The van der Waals surface area contributed by atoms with Crippen LogP contribution in [0.1, 0.15) is 64.5 Å². The van der Waals surface area contributed by atoms with Crippen molar-refractivity contribution in [1.82, 2.24) is 10.2 Å². The van der Waals surface area contributed by atoms with E-state index in [4.69, 9.17) is 9.47 Å². The van der Waals surface area contributed by atoms with E-state index < -0.39 is 47.7 Å². The Bertz CT molecular complexity index is 1620. The zero-order valence-electron chi connectivity index (χ0n) is 29.8. The summed E-state index contributed by atoms with van der Waals surface area (Å²) in [5.74, 6) is -3.46. The molecule has 4 heterocycles. The number of carbonyl (C=O) groups is 4. The summed E-state index contributed by atoms with van der Waals surface area (Å²) in [7, 11) is 0. The smallest absolute Gasteiger partial charge is 0.313 e. The standard InChI is InChI=1S/C40H50N4O7/c1-4-42(5-2)29-19-21-30(22-20-29)43-25-14-23-40-34(37(47)44(36(40)38(43)48)24-12-7-13-26-45)33-31(51-40)17-10-11-18-32(46)41-27(3)35(50-39(33)49)28-15-8-6-9-16-28/h6,8-10,14-17,19-23,27,31,33-36,45H,4-5,7,11-13,18,24-26H2,1-3H3,(H,41,46)/b17-10-/t27-,31-,33+,34+,35+,36-,40+/m0/s1. The number of ether oxygens (including phenoxy) is 2. The number of hydrogen-bond donors (Lipinski definition) is 2. The van der Waals surface area contributed by atoms with Crippen molar-refractivity contribution in [2.75, 3.05) is 42.6 Å². The van der Waals surface area contributed by atoms with Crippen molar-refractivity contribution in [3.05, 3.63) is 84.5 Å². The van der Waals surface area contributed by atoms with Gasteiger partial charge in [-0.05, 0) is 76.3 Å². The fraction of sp³-hybridized carbons (Fsp3) is 0.500. The average molecular weight is 699 g/mol. The van der Waals surface area contributed by atoms with E-state index in [0.717, 1.165) is 18.8 Å². The van der Waals surface area contributed by atoms with Crippen LogP contribution < -0.4 is 15.1 Å². The molecule has 2 saturated heterocycles. The largest absolute Gasteiger partial charge is 0.455 e. The quantitative estimate of drug-likeness (QED) is 0.214. The van der Waals surface area contributed by atoms with E-state index in [0.29, 0.717) is 36.9 Å². The number of amides is 3. The number of benzene rings is 2. The predicted molar refractivity (Wildman–Crippen MR) is 194 cm³/mol. The van der Waals surface area contributed by atoms with E-state index in [1.54, 1.807) is 28.9 Å². The van der Waals surface area contributed by atoms with E-state index in [9.17, 15) is 24.3 Å². The Balaban J connectivity index is 1.40. The molecule has 0 aromatic heterocycles. The lowest BCUT2D eigenvalue weighted by Crippen LogP contribution is -2.55. The number of fused-ring (bicyclic) bond motifs is 2. The predicted octanol–water partition coefficient (Wildman–Crippen LogP) is 4.32. The molecule has 0 saturated carbocycles. The van der Waals surface area contributed by atoms with Crippen LogP contribution in [-0.4, -0.2) is 90.3 Å². The first-order valence-electron chi connectivity index (χ1n) is 18.4. The van der Waals surface area contributed by atoms with Crippen molar-refractivity contribution in [1.29, 1.82) is 0 Å². The molecule has 4 aliphatic rings. The summed E-state index contributed by atoms with van der Waals surface area (Å²) in [6.45, 7) is 8.29. The van der Waals surface area contributed by atoms with Gasteiger partial charge in [0, 0.05) is 50.6 Å². The van der Waals surface area contributed by atoms with Crippen molar-refractivity contribution in [2.45, 2.75) is 82.8 Å². The van der Waals surface area contributed by atoms with Gasteiger partial charge in [0.25, 0.3) is 5.91 Å². The molecule has 11 heteroatoms. The molecule has 3 amide bonds. The van der Waals surface area contributed by atoms with Gasteiger partial charge < -0.3 is 34.6 Å². The Kier molecular flexibility index (Phi) is 11.3. The third-order valence-corrected chi connectivity index (χ3v) is 10.7. The van der Waals surface area contributed by atoms with Gasteiger partial charge in [-0.15, -0.1) is 0 Å². The second kappa shape index (κ2) is 15.8. The number of cyclic esters (lactones) is 1. The van der Waals surface area contributed by atoms with Crippen LogP contribution in [0.5, 0.6) is 0 Å². The normalized spacial score (nSPS) is 30.0. The molecular formula is C40H50N4O7. The van der Waals surface area contributed by atoms with Gasteiger partial charge in [0.15, 0.2) is 0 Å². The van der Waals surface area contributed by atoms with Gasteiger partial charge in [0.1, 0.15) is 23.7 Å². The first kappa shape index (κ1) is 36.3. The van der Waals surface area contributed by atoms with Gasteiger partial charge in [0.2, 0.25) is 11.8 Å². The number of anilines is 2. The highest BCUT2D eigenvalue weighted by atomic mass is 16.6. The second-order valence-corrected chi connectivity index (χ2v) is 13.8. The number of hydrogen-bond acceptors (Lipinski definition) is 8. The molecule has 2 fully saturated rings. The van der Waals surface area contributed by atoms with Gasteiger partial charge in [0.05, 0.1) is 18.1 Å². The summed E-state index contributed by atoms with van der Waals surface area (Å²) in [5.41, 5.74) is 1.04. The van der Waals surface area contributed by atoms with Gasteiger partial charge in [-0.1, -0.05) is 54.6 Å². The number of nitrogens with zero attached hydrogens (tertiary/aromatic N) is 3. The molecule has 2 N–H and O–H groups in total. The molecule has 7 atom stereocenters. The van der Waals surface area contributed by atoms with E-state index in [2.05, 4.69) is 24.1 Å². The molecule has 2 aromatic rings. The summed E-state index contributed by atoms with van der Waals surface area (Å²) in [5, 5.41) is 12.4. The first-order chi connectivity index (χ1) is 24.7. The van der Waals surface area contributed by atoms with Crippen LogP contribution in [0.2, 0.25) is 0 Å². The average Bonchev–Trinajstić information content (AvgIpc) is 3.52. The lowest BCUT2D eigenvalue weighted by atomic mass is 9.77. The highest BCUT2D eigenvalue weighted by Crippen LogP contribution is 2.53. The number of carbonyl (C=O) groups excluding carboxylic acids is 4. The van der Waals surface area contributed by atoms with E-state index in [1.165, 1.54) is 0 Å². The minimum Gasteiger partial charge on any atom is -0.455 e. The fourth-order valence-electron chi connectivity index (χ4n) is 8.18. The molecule has 272 valence electrons. The summed E-state index contributed by atoms with van der Waals surface area (Å²) >= 11 is 0. The Morgan fingerprint density at radius 3 is 2.39 bits per heavy atom. The number of aliphatic hydroxyl groups excluding tert-OH is 1. The van der Waals surface area contributed by atoms with Gasteiger partial charge in [-0.25, -0.2) is 0 Å². The molecule has 2 aromatic carbocycles. The summed E-state index contributed by atoms with van der Waals surface area (Å²) in [4.78, 5) is 62.4. The maximum Gasteiger partial charge on any atom is 0.313 e. The Morgan fingerprint density at radius 1 is 0.941 bits per heavy atom. The maximum absolute atomic E-state index is 14.9. The van der Waals surface area contributed by atoms with Crippen molar-refractivity contribution < 1.29 is 33.8 Å². The van der Waals surface area contributed by atoms with E-state index in [-0.39, 0.29) is 43.8 Å². The Labute approximate surface area is 300 Å². The molecule has 0 aliphatic carbocycles. The van der Waals surface area contributed by atoms with Gasteiger partial charge in [-0.2, -0.15) is 0 Å². The minimum atomic E-state index is -1.43. The van der Waals surface area contributed by atoms with Crippen LogP contribution in [0.4, 0.5) is 11.4 Å². The topological polar surface area (TPSA) is 129 Å². The highest BCUT2D eigenvalue weighted by molar-refractivity contribution is 6.05. The molecular weight excluding hydrogens is 648 g/mol. The third-order valence-electron chi connectivity index (χ3n) is 10.7. The lowest BCUT2D eigenvalue weighted by molar-refractivity contribution is -0.161. The summed E-state index contributed by atoms with van der Waals surface area (Å²) in [6.07, 6.45) is 8.03. The molecule has 6 rings (SSSR count). The van der Waals surface area contributed by atoms with Crippen LogP contribution in [0.15, 0.2) is 78.9 Å². The summed E-state index contributed by atoms with van der Waals surface area (Å²) in [6, 6.07) is 15.5. The number of aliphatic hydroxyl groups is 1. The van der Waals surface area contributed by atoms with Crippen molar-refractivity contribution in [3.63, 3.8) is 0 Å². The third kappa shape index (κ3) is 7.06. The van der Waals surface area contributed by atoms with Gasteiger partial charge in [-0.3, -0.25) is 19.2 Å². The molecule has 0 unspecified atom stereocenters. The number of nitrogens with one attached hydrogen (secondary N) is 1. The molecule has 0 radical (unpaired) electrons. The van der Waals surface area contributed by atoms with E-state index in [1.807, 2.05) is 66.7 Å². The Hall–Kier alpha value is -4.48. The maximum atomic E-state index is 14.9. The molecule has 1 spiro atoms. The number of unbranched alkanes of at least 4 members (excludes halogenated alkanes) is 2. The number of esters is 1. The van der Waals surface area contributed by atoms with Crippen LogP contribution in [0.25, 0.3) is 0 Å². The van der Waals surface area contributed by atoms with Crippen LogP contribution >= 0.6 is 0 Å². The van der Waals surface area contributed by atoms with Crippen molar-refractivity contribution in [2.24, 2.45) is 11.8 Å². The number of rotatable bonds is 10. The molecule has 0 bridgehead atoms. The van der Waals surface area contributed by atoms with Crippen molar-refractivity contribution in [3.8, 4) is 0 Å². The summed E-state index contributed by atoms with van der Waals surface area (Å²) < 4.78 is 13.1. The SMILES string of the molecule is CCN(CC)c1ccc(N2CC=C[C@@]34O[C@H]5/C=C\CCC(=O)N[C@@H](C)[C@H](c6ccccc6)OC(=O)[C@H]5[C@@H]3C(=O)N(CCCCCO)[C@H]4C2=O)cc1. The fourth-order valence-corrected chi connectivity index (χ4v) is 8.18. The zero-order chi connectivity index (χ0) is 36.1. The zero-order valence-corrected chi connectivity index (χ0v) is 29.8.